The Labute approximate surface area is 133 Å². The molecular formula is C17H16FN3O2. The van der Waals surface area contributed by atoms with Gasteiger partial charge in [-0.15, -0.1) is 0 Å². The van der Waals surface area contributed by atoms with Gasteiger partial charge >= 0.3 is 0 Å². The topological polar surface area (TPSA) is 70.6 Å². The van der Waals surface area contributed by atoms with Crippen molar-refractivity contribution in [1.29, 1.82) is 0 Å². The third kappa shape index (κ3) is 5.35. The molecule has 0 radical (unpaired) electrons. The van der Waals surface area contributed by atoms with E-state index in [9.17, 15) is 14.0 Å². The Morgan fingerprint density at radius 1 is 1.09 bits per heavy atom. The molecule has 23 heavy (non-hydrogen) atoms. The first-order valence-electron chi connectivity index (χ1n) is 6.97. The maximum atomic E-state index is 12.8. The Morgan fingerprint density at radius 3 is 2.39 bits per heavy atom. The van der Waals surface area contributed by atoms with Gasteiger partial charge in [0.2, 0.25) is 0 Å². The van der Waals surface area contributed by atoms with Crippen molar-refractivity contribution in [1.82, 2.24) is 10.7 Å². The van der Waals surface area contributed by atoms with Crippen molar-refractivity contribution in [3.05, 3.63) is 71.0 Å². The second kappa shape index (κ2) is 7.84. The number of carbonyl (C=O) groups excluding carboxylic acids is 2. The number of halogens is 1. The van der Waals surface area contributed by atoms with E-state index in [1.54, 1.807) is 0 Å². The van der Waals surface area contributed by atoms with Gasteiger partial charge in [-0.25, -0.2) is 9.82 Å². The van der Waals surface area contributed by atoms with Crippen molar-refractivity contribution in [3.8, 4) is 0 Å². The zero-order chi connectivity index (χ0) is 16.7. The van der Waals surface area contributed by atoms with Crippen molar-refractivity contribution in [2.45, 2.75) is 6.92 Å². The molecule has 6 heteroatoms. The van der Waals surface area contributed by atoms with E-state index in [1.165, 1.54) is 30.5 Å². The molecule has 0 saturated heterocycles. The highest BCUT2D eigenvalue weighted by Crippen LogP contribution is 2.02. The van der Waals surface area contributed by atoms with Crippen LogP contribution in [0.15, 0.2) is 53.6 Å². The van der Waals surface area contributed by atoms with Crippen LogP contribution < -0.4 is 10.7 Å². The summed E-state index contributed by atoms with van der Waals surface area (Å²) >= 11 is 0. The van der Waals surface area contributed by atoms with Gasteiger partial charge in [-0.05, 0) is 36.8 Å². The van der Waals surface area contributed by atoms with E-state index >= 15 is 0 Å². The summed E-state index contributed by atoms with van der Waals surface area (Å²) in [6.07, 6.45) is 1.51. The number of rotatable bonds is 5. The maximum absolute atomic E-state index is 12.8. The fraction of sp³-hybridized carbons (Fsp3) is 0.118. The summed E-state index contributed by atoms with van der Waals surface area (Å²) in [6.45, 7) is 1.76. The van der Waals surface area contributed by atoms with E-state index in [4.69, 9.17) is 0 Å². The third-order valence-electron chi connectivity index (χ3n) is 3.00. The molecule has 118 valence electrons. The summed E-state index contributed by atoms with van der Waals surface area (Å²) in [5, 5.41) is 6.24. The van der Waals surface area contributed by atoms with E-state index in [0.717, 1.165) is 11.1 Å². The van der Waals surface area contributed by atoms with Gasteiger partial charge in [-0.1, -0.05) is 29.8 Å². The van der Waals surface area contributed by atoms with Crippen LogP contribution in [0.4, 0.5) is 4.39 Å². The van der Waals surface area contributed by atoms with Crippen molar-refractivity contribution < 1.29 is 14.0 Å². The molecule has 0 saturated carbocycles. The molecule has 0 aliphatic carbocycles. The minimum atomic E-state index is -0.456. The molecular weight excluding hydrogens is 297 g/mol. The average Bonchev–Trinajstić information content (AvgIpc) is 2.55. The number of hydrazone groups is 1. The van der Waals surface area contributed by atoms with Crippen molar-refractivity contribution in [2.24, 2.45) is 5.10 Å². The lowest BCUT2D eigenvalue weighted by atomic mass is 10.2. The molecule has 2 aromatic carbocycles. The molecule has 2 N–H and O–H groups in total. The zero-order valence-electron chi connectivity index (χ0n) is 12.5. The minimum Gasteiger partial charge on any atom is -0.343 e. The Bertz CT molecular complexity index is 710. The predicted octanol–water partition coefficient (Wildman–Crippen LogP) is 2.01. The lowest BCUT2D eigenvalue weighted by Crippen LogP contribution is -2.34. The number of nitrogens with one attached hydrogen (secondary N) is 2. The third-order valence-corrected chi connectivity index (χ3v) is 3.00. The normalized spacial score (nSPS) is 10.5. The fourth-order valence-electron chi connectivity index (χ4n) is 1.73. The smallest absolute Gasteiger partial charge is 0.259 e. The van der Waals surface area contributed by atoms with Crippen LogP contribution in [-0.4, -0.2) is 24.6 Å². The number of hydrogen-bond acceptors (Lipinski definition) is 3. The van der Waals surface area contributed by atoms with Crippen LogP contribution in [0, 0.1) is 12.7 Å². The molecule has 0 heterocycles. The second-order valence-electron chi connectivity index (χ2n) is 4.89. The molecule has 2 amide bonds. The lowest BCUT2D eigenvalue weighted by Gasteiger charge is -2.04. The first-order chi connectivity index (χ1) is 11.0. The Hall–Kier alpha value is -3.02. The van der Waals surface area contributed by atoms with Crippen LogP contribution in [0.25, 0.3) is 0 Å². The summed E-state index contributed by atoms with van der Waals surface area (Å²) in [5.41, 5.74) is 4.58. The van der Waals surface area contributed by atoms with Crippen molar-refractivity contribution in [2.75, 3.05) is 6.54 Å². The van der Waals surface area contributed by atoms with Gasteiger partial charge in [0.15, 0.2) is 0 Å². The number of amides is 2. The summed E-state index contributed by atoms with van der Waals surface area (Å²) in [7, 11) is 0. The van der Waals surface area contributed by atoms with Crippen molar-refractivity contribution in [3.63, 3.8) is 0 Å². The highest BCUT2D eigenvalue weighted by atomic mass is 19.1. The average molecular weight is 313 g/mol. The van der Waals surface area contributed by atoms with Gasteiger partial charge in [0.25, 0.3) is 11.8 Å². The van der Waals surface area contributed by atoms with Crippen LogP contribution in [-0.2, 0) is 4.79 Å². The van der Waals surface area contributed by atoms with Crippen LogP contribution in [0.3, 0.4) is 0 Å². The first-order valence-corrected chi connectivity index (χ1v) is 6.97. The standard InChI is InChI=1S/C17H16FN3O2/c1-12-2-4-13(5-3-12)10-20-21-16(22)11-19-17(23)14-6-8-15(18)9-7-14/h2-10H,11H2,1H3,(H,19,23)(H,21,22)/b20-10-. The maximum Gasteiger partial charge on any atom is 0.259 e. The molecule has 0 fully saturated rings. The van der Waals surface area contributed by atoms with Gasteiger partial charge in [-0.2, -0.15) is 5.10 Å². The molecule has 0 aliphatic heterocycles. The highest BCUT2D eigenvalue weighted by molar-refractivity contribution is 5.96. The number of carbonyl (C=O) groups is 2. The van der Waals surface area contributed by atoms with Gasteiger partial charge in [0, 0.05) is 5.56 Å². The SMILES string of the molecule is Cc1ccc(/C=N\NC(=O)CNC(=O)c2ccc(F)cc2)cc1. The van der Waals surface area contributed by atoms with Gasteiger partial charge in [0.05, 0.1) is 12.8 Å². The number of benzene rings is 2. The molecule has 5 nitrogen and oxygen atoms in total. The fourth-order valence-corrected chi connectivity index (χ4v) is 1.73. The Morgan fingerprint density at radius 2 is 1.74 bits per heavy atom. The van der Waals surface area contributed by atoms with Crippen LogP contribution in [0.5, 0.6) is 0 Å². The summed E-state index contributed by atoms with van der Waals surface area (Å²) in [5.74, 6) is -1.34. The number of nitrogens with zero attached hydrogens (tertiary/aromatic N) is 1. The zero-order valence-corrected chi connectivity index (χ0v) is 12.5. The molecule has 0 bridgehead atoms. The predicted molar refractivity (Wildman–Crippen MR) is 85.6 cm³/mol. The highest BCUT2D eigenvalue weighted by Gasteiger charge is 2.07. The van der Waals surface area contributed by atoms with Crippen LogP contribution in [0.2, 0.25) is 0 Å². The van der Waals surface area contributed by atoms with Gasteiger partial charge < -0.3 is 5.32 Å². The molecule has 0 unspecified atom stereocenters. The molecule has 2 rings (SSSR count). The van der Waals surface area contributed by atoms with E-state index in [2.05, 4.69) is 15.8 Å². The lowest BCUT2D eigenvalue weighted by molar-refractivity contribution is -0.120. The van der Waals surface area contributed by atoms with E-state index in [0.29, 0.717) is 0 Å². The van der Waals surface area contributed by atoms with Gasteiger partial charge in [0.1, 0.15) is 5.82 Å². The van der Waals surface area contributed by atoms with E-state index in [-0.39, 0.29) is 12.1 Å². The monoisotopic (exact) mass is 313 g/mol. The number of aryl methyl sites for hydroxylation is 1. The molecule has 2 aromatic rings. The van der Waals surface area contributed by atoms with Crippen LogP contribution >= 0.6 is 0 Å². The summed E-state index contributed by atoms with van der Waals surface area (Å²) < 4.78 is 12.8. The second-order valence-corrected chi connectivity index (χ2v) is 4.89. The Kier molecular flexibility index (Phi) is 5.57. The number of hydrogen-bond donors (Lipinski definition) is 2. The largest absolute Gasteiger partial charge is 0.343 e. The van der Waals surface area contributed by atoms with E-state index < -0.39 is 17.6 Å². The molecule has 0 aliphatic rings. The summed E-state index contributed by atoms with van der Waals surface area (Å²) in [6, 6.07) is 12.7. The quantitative estimate of drug-likeness (QED) is 0.655. The molecule has 0 atom stereocenters. The minimum absolute atomic E-state index is 0.221. The molecule has 0 aromatic heterocycles. The Balaban J connectivity index is 1.77. The molecule has 0 spiro atoms. The van der Waals surface area contributed by atoms with Crippen LogP contribution in [0.1, 0.15) is 21.5 Å². The first kappa shape index (κ1) is 16.4. The van der Waals surface area contributed by atoms with E-state index in [1.807, 2.05) is 31.2 Å². The summed E-state index contributed by atoms with van der Waals surface area (Å²) in [4.78, 5) is 23.3. The van der Waals surface area contributed by atoms with Crippen molar-refractivity contribution >= 4 is 18.0 Å². The van der Waals surface area contributed by atoms with Gasteiger partial charge in [-0.3, -0.25) is 9.59 Å².